The van der Waals surface area contributed by atoms with Gasteiger partial charge in [-0.3, -0.25) is 9.69 Å². The van der Waals surface area contributed by atoms with E-state index in [1.54, 1.807) is 11.8 Å². The Kier molecular flexibility index (Phi) is 3.12. The van der Waals surface area contributed by atoms with Crippen molar-refractivity contribution in [2.45, 2.75) is 6.92 Å². The minimum absolute atomic E-state index is 0.00653. The fraction of sp³-hybridized carbons (Fsp3) is 0.0500. The van der Waals surface area contributed by atoms with Crippen molar-refractivity contribution >= 4 is 29.1 Å². The van der Waals surface area contributed by atoms with E-state index in [0.29, 0.717) is 0 Å². The Hall–Kier alpha value is -3.07. The van der Waals surface area contributed by atoms with Gasteiger partial charge >= 0.3 is 0 Å². The van der Waals surface area contributed by atoms with E-state index in [2.05, 4.69) is 16.7 Å². The number of benzene rings is 2. The van der Waals surface area contributed by atoms with Gasteiger partial charge in [0.15, 0.2) is 0 Å². The van der Waals surface area contributed by atoms with Crippen LogP contribution < -0.4 is 4.90 Å². The number of carbonyl (C=O) groups excluding carboxylic acids is 1. The van der Waals surface area contributed by atoms with E-state index >= 15 is 0 Å². The molecule has 3 nitrogen and oxygen atoms in total. The van der Waals surface area contributed by atoms with Gasteiger partial charge in [-0.05, 0) is 30.3 Å². The molecule has 0 spiro atoms. The topological polar surface area (TPSA) is 25.2 Å². The van der Waals surface area contributed by atoms with E-state index < -0.39 is 0 Å². The highest BCUT2D eigenvalue weighted by Crippen LogP contribution is 2.40. The maximum absolute atomic E-state index is 12.4. The Morgan fingerprint density at radius 2 is 1.48 bits per heavy atom. The predicted octanol–water partition coefficient (Wildman–Crippen LogP) is 4.53. The van der Waals surface area contributed by atoms with Crippen LogP contribution in [0.3, 0.4) is 0 Å². The zero-order chi connectivity index (χ0) is 15.8. The van der Waals surface area contributed by atoms with Gasteiger partial charge in [0.2, 0.25) is 5.91 Å². The van der Waals surface area contributed by atoms with Gasteiger partial charge in [0, 0.05) is 30.4 Å². The molecule has 0 unspecified atom stereocenters. The number of hydrogen-bond acceptors (Lipinski definition) is 1. The Morgan fingerprint density at radius 3 is 2.22 bits per heavy atom. The monoisotopic (exact) mass is 300 g/mol. The van der Waals surface area contributed by atoms with Crippen LogP contribution in [0.4, 0.5) is 11.4 Å². The minimum Gasteiger partial charge on any atom is -0.323 e. The van der Waals surface area contributed by atoms with Crippen LogP contribution in [0.1, 0.15) is 18.1 Å². The molecule has 2 heterocycles. The number of hydrogen-bond donors (Lipinski definition) is 0. The lowest BCUT2D eigenvalue weighted by atomic mass is 10.1. The van der Waals surface area contributed by atoms with Crippen molar-refractivity contribution in [2.75, 3.05) is 4.90 Å². The molecule has 0 fully saturated rings. The molecule has 1 amide bonds. The Morgan fingerprint density at radius 1 is 0.826 bits per heavy atom. The highest BCUT2D eigenvalue weighted by atomic mass is 16.2. The largest absolute Gasteiger partial charge is 0.323 e. The number of aromatic nitrogens is 1. The molecular weight excluding hydrogens is 284 g/mol. The number of para-hydroxylation sites is 2. The van der Waals surface area contributed by atoms with Crippen LogP contribution in [0.25, 0.3) is 11.8 Å². The molecule has 0 atom stereocenters. The molecule has 23 heavy (non-hydrogen) atoms. The van der Waals surface area contributed by atoms with Gasteiger partial charge in [-0.1, -0.05) is 36.4 Å². The average Bonchev–Trinajstić information content (AvgIpc) is 3.04. The molecule has 1 aliphatic rings. The smallest absolute Gasteiger partial charge is 0.228 e. The zero-order valence-corrected chi connectivity index (χ0v) is 12.8. The lowest BCUT2D eigenvalue weighted by Gasteiger charge is -2.23. The van der Waals surface area contributed by atoms with Gasteiger partial charge in [0.05, 0.1) is 17.1 Å². The Labute approximate surface area is 135 Å². The molecule has 1 aromatic heterocycles. The summed E-state index contributed by atoms with van der Waals surface area (Å²) in [6.07, 6.45) is 6.18. The molecule has 1 aliphatic heterocycles. The van der Waals surface area contributed by atoms with Crippen LogP contribution in [0.2, 0.25) is 0 Å². The van der Waals surface area contributed by atoms with E-state index in [1.165, 1.54) is 0 Å². The van der Waals surface area contributed by atoms with E-state index in [4.69, 9.17) is 0 Å². The minimum atomic E-state index is 0.00653. The van der Waals surface area contributed by atoms with E-state index in [9.17, 15) is 4.79 Å². The average molecular weight is 300 g/mol. The van der Waals surface area contributed by atoms with Crippen molar-refractivity contribution in [3.63, 3.8) is 0 Å². The molecule has 0 aliphatic carbocycles. The fourth-order valence-corrected chi connectivity index (χ4v) is 3.10. The van der Waals surface area contributed by atoms with E-state index in [0.717, 1.165) is 28.2 Å². The summed E-state index contributed by atoms with van der Waals surface area (Å²) >= 11 is 0. The maximum Gasteiger partial charge on any atom is 0.228 e. The summed E-state index contributed by atoms with van der Waals surface area (Å²) in [6.45, 7) is 1.61. The number of nitrogens with zero attached hydrogens (tertiary/aromatic N) is 2. The van der Waals surface area contributed by atoms with Crippen molar-refractivity contribution < 1.29 is 4.79 Å². The van der Waals surface area contributed by atoms with E-state index in [1.807, 2.05) is 67.0 Å². The Bertz CT molecular complexity index is 907. The van der Waals surface area contributed by atoms with E-state index in [-0.39, 0.29) is 5.91 Å². The van der Waals surface area contributed by atoms with Gasteiger partial charge in [-0.15, -0.1) is 0 Å². The summed E-state index contributed by atoms with van der Waals surface area (Å²) in [7, 11) is 0. The molecule has 0 bridgehead atoms. The second kappa shape index (κ2) is 5.29. The lowest BCUT2D eigenvalue weighted by molar-refractivity contribution is -0.115. The van der Waals surface area contributed by atoms with Gasteiger partial charge < -0.3 is 4.57 Å². The molecular formula is C20H16N2O. The normalized spacial score (nSPS) is 12.9. The first-order valence-corrected chi connectivity index (χ1v) is 7.60. The number of anilines is 2. The highest BCUT2D eigenvalue weighted by Gasteiger charge is 2.24. The third kappa shape index (κ3) is 2.18. The van der Waals surface area contributed by atoms with Crippen LogP contribution in [0, 0.1) is 0 Å². The first kappa shape index (κ1) is 13.6. The van der Waals surface area contributed by atoms with Gasteiger partial charge in [-0.25, -0.2) is 0 Å². The molecule has 112 valence electrons. The third-order valence-electron chi connectivity index (χ3n) is 4.09. The maximum atomic E-state index is 12.4. The van der Waals surface area contributed by atoms with Crippen molar-refractivity contribution in [1.29, 1.82) is 0 Å². The van der Waals surface area contributed by atoms with Crippen LogP contribution in [-0.4, -0.2) is 10.5 Å². The number of rotatable bonds is 1. The van der Waals surface area contributed by atoms with Crippen molar-refractivity contribution in [1.82, 2.24) is 4.57 Å². The van der Waals surface area contributed by atoms with Crippen LogP contribution in [-0.2, 0) is 4.79 Å². The Balaban J connectivity index is 2.07. The zero-order valence-electron chi connectivity index (χ0n) is 12.8. The number of carbonyl (C=O) groups is 1. The van der Waals surface area contributed by atoms with Gasteiger partial charge in [0.1, 0.15) is 0 Å². The molecule has 0 radical (unpaired) electrons. The summed E-state index contributed by atoms with van der Waals surface area (Å²) in [4.78, 5) is 14.2. The van der Waals surface area contributed by atoms with Crippen molar-refractivity contribution in [3.05, 3.63) is 84.2 Å². The fourth-order valence-electron chi connectivity index (χ4n) is 3.10. The molecule has 0 N–H and O–H groups in total. The summed E-state index contributed by atoms with van der Waals surface area (Å²) in [6, 6.07) is 20.0. The molecule has 4 rings (SSSR count). The van der Waals surface area contributed by atoms with Gasteiger partial charge in [0.25, 0.3) is 0 Å². The van der Waals surface area contributed by atoms with Crippen LogP contribution in [0.15, 0.2) is 73.1 Å². The van der Waals surface area contributed by atoms with Crippen molar-refractivity contribution in [2.24, 2.45) is 0 Å². The third-order valence-corrected chi connectivity index (χ3v) is 4.09. The molecule has 3 aromatic rings. The quantitative estimate of drug-likeness (QED) is 0.648. The summed E-state index contributed by atoms with van der Waals surface area (Å²) in [5.74, 6) is 0.00653. The van der Waals surface area contributed by atoms with Crippen LogP contribution >= 0.6 is 0 Å². The number of fused-ring (bicyclic) bond motifs is 2. The first-order valence-electron chi connectivity index (χ1n) is 7.60. The summed E-state index contributed by atoms with van der Waals surface area (Å²) < 4.78 is 2.08. The highest BCUT2D eigenvalue weighted by molar-refractivity contribution is 6.07. The molecule has 2 aromatic carbocycles. The lowest BCUT2D eigenvalue weighted by Crippen LogP contribution is -2.23. The number of amides is 1. The second-order valence-electron chi connectivity index (χ2n) is 5.55. The standard InChI is InChI=1S/C20H16N2O/c1-15(23)22-18-10-4-2-8-16(18)14-20(21-12-6-7-13-21)17-9-3-5-11-19(17)22/h2-14H,1H3. The summed E-state index contributed by atoms with van der Waals surface area (Å²) in [5.41, 5.74) is 4.94. The predicted molar refractivity (Wildman–Crippen MR) is 93.4 cm³/mol. The van der Waals surface area contributed by atoms with Crippen LogP contribution in [0.5, 0.6) is 0 Å². The second-order valence-corrected chi connectivity index (χ2v) is 5.55. The first-order chi connectivity index (χ1) is 11.3. The van der Waals surface area contributed by atoms with Gasteiger partial charge in [-0.2, -0.15) is 0 Å². The summed E-state index contributed by atoms with van der Waals surface area (Å²) in [5, 5.41) is 0. The molecule has 3 heteroatoms. The van der Waals surface area contributed by atoms with Crippen molar-refractivity contribution in [3.8, 4) is 0 Å². The molecule has 0 saturated heterocycles. The molecule has 0 saturated carbocycles. The SMILES string of the molecule is CC(=O)N1c2ccccc2C=C(n2cccc2)c2ccccc21.